The average molecular weight is 609 g/mol. The molecule has 2 aromatic rings. The topological polar surface area (TPSA) is 131 Å². The van der Waals surface area contributed by atoms with Gasteiger partial charge in [0, 0.05) is 58.1 Å². The lowest BCUT2D eigenvalue weighted by molar-refractivity contribution is -0.143. The third kappa shape index (κ3) is 6.76. The molecule has 2 saturated heterocycles. The number of aromatic amines is 2. The molecular formula is C32H44N6O6. The Morgan fingerprint density at radius 1 is 0.750 bits per heavy atom. The van der Waals surface area contributed by atoms with E-state index in [1.165, 1.54) is 14.2 Å². The third-order valence-electron chi connectivity index (χ3n) is 9.08. The van der Waals surface area contributed by atoms with E-state index >= 15 is 0 Å². The summed E-state index contributed by atoms with van der Waals surface area (Å²) in [6.07, 6.45) is 6.14. The van der Waals surface area contributed by atoms with Gasteiger partial charge in [0.1, 0.15) is 11.4 Å². The van der Waals surface area contributed by atoms with E-state index in [0.717, 1.165) is 107 Å². The molecule has 2 amide bonds. The van der Waals surface area contributed by atoms with Gasteiger partial charge in [-0.3, -0.25) is 14.4 Å². The van der Waals surface area contributed by atoms with E-state index in [4.69, 9.17) is 9.47 Å². The Labute approximate surface area is 258 Å². The van der Waals surface area contributed by atoms with Crippen molar-refractivity contribution in [3.05, 3.63) is 52.1 Å². The van der Waals surface area contributed by atoms with Crippen LogP contribution in [0.25, 0.3) is 5.57 Å². The second kappa shape index (κ2) is 13.8. The van der Waals surface area contributed by atoms with Gasteiger partial charge in [-0.2, -0.15) is 0 Å². The maximum Gasteiger partial charge on any atom is 0.339 e. The molecule has 238 valence electrons. The first-order valence-corrected chi connectivity index (χ1v) is 15.5. The van der Waals surface area contributed by atoms with Crippen LogP contribution in [-0.2, 0) is 31.9 Å². The zero-order valence-corrected chi connectivity index (χ0v) is 26.2. The second-order valence-electron chi connectivity index (χ2n) is 12.0. The molecule has 1 atom stereocenters. The van der Waals surface area contributed by atoms with Gasteiger partial charge in [0.2, 0.25) is 0 Å². The minimum Gasteiger partial charge on any atom is -0.469 e. The minimum absolute atomic E-state index is 0.00622. The van der Waals surface area contributed by atoms with Gasteiger partial charge in [0.25, 0.3) is 11.8 Å². The summed E-state index contributed by atoms with van der Waals surface area (Å²) in [5.74, 6) is -0.802. The molecule has 6 rings (SSSR count). The molecular weight excluding hydrogens is 564 g/mol. The van der Waals surface area contributed by atoms with E-state index in [2.05, 4.69) is 33.9 Å². The Bertz CT molecular complexity index is 1410. The third-order valence-corrected chi connectivity index (χ3v) is 9.08. The largest absolute Gasteiger partial charge is 0.469 e. The van der Waals surface area contributed by atoms with Crippen molar-refractivity contribution in [2.45, 2.75) is 38.0 Å². The molecule has 2 aromatic heterocycles. The lowest BCUT2D eigenvalue weighted by Gasteiger charge is -2.32. The van der Waals surface area contributed by atoms with Crippen molar-refractivity contribution in [2.24, 2.45) is 0 Å². The van der Waals surface area contributed by atoms with Crippen LogP contribution in [0.1, 0.15) is 68.7 Å². The highest BCUT2D eigenvalue weighted by Crippen LogP contribution is 2.33. The summed E-state index contributed by atoms with van der Waals surface area (Å²) in [5.41, 5.74) is 5.39. The molecule has 0 bridgehead atoms. The lowest BCUT2D eigenvalue weighted by atomic mass is 9.88. The van der Waals surface area contributed by atoms with Crippen molar-refractivity contribution in [2.75, 3.05) is 80.7 Å². The van der Waals surface area contributed by atoms with Crippen molar-refractivity contribution in [1.29, 1.82) is 0 Å². The van der Waals surface area contributed by atoms with Crippen molar-refractivity contribution in [3.63, 3.8) is 0 Å². The number of amides is 2. The Hall–Kier alpha value is -3.90. The molecule has 4 aliphatic rings. The van der Waals surface area contributed by atoms with E-state index in [1.807, 2.05) is 28.0 Å². The minimum atomic E-state index is -0.360. The number of aryl methyl sites for hydroxylation is 2. The maximum absolute atomic E-state index is 12.6. The molecule has 2 aliphatic carbocycles. The zero-order chi connectivity index (χ0) is 31.4. The number of H-pyrrole nitrogens is 2. The number of carbonyl (C=O) groups is 4. The molecule has 2 aliphatic heterocycles. The van der Waals surface area contributed by atoms with Crippen molar-refractivity contribution < 1.29 is 28.7 Å². The zero-order valence-electron chi connectivity index (χ0n) is 26.2. The van der Waals surface area contributed by atoms with Crippen molar-refractivity contribution in [3.8, 4) is 0 Å². The van der Waals surface area contributed by atoms with Gasteiger partial charge in [0.05, 0.1) is 31.4 Å². The van der Waals surface area contributed by atoms with Gasteiger partial charge < -0.3 is 39.0 Å². The molecule has 4 heterocycles. The number of ether oxygens (including phenoxy) is 2. The first-order valence-electron chi connectivity index (χ1n) is 15.5. The van der Waals surface area contributed by atoms with Crippen LogP contribution in [0.5, 0.6) is 0 Å². The monoisotopic (exact) mass is 608 g/mol. The number of aromatic nitrogens is 2. The summed E-state index contributed by atoms with van der Waals surface area (Å²) in [5, 5.41) is 0. The van der Waals surface area contributed by atoms with Crippen molar-refractivity contribution in [1.82, 2.24) is 29.6 Å². The number of likely N-dealkylation sites (N-methyl/N-ethyl adjacent to an activating group) is 2. The van der Waals surface area contributed by atoms with Crippen LogP contribution in [0.3, 0.4) is 0 Å². The lowest BCUT2D eigenvalue weighted by Crippen LogP contribution is -2.47. The first-order chi connectivity index (χ1) is 21.2. The molecule has 12 heteroatoms. The molecule has 2 N–H and O–H groups in total. The Morgan fingerprint density at radius 3 is 1.89 bits per heavy atom. The number of fused-ring (bicyclic) bond motifs is 2. The summed E-state index contributed by atoms with van der Waals surface area (Å²) in [7, 11) is 6.91. The summed E-state index contributed by atoms with van der Waals surface area (Å²) in [4.78, 5) is 63.5. The van der Waals surface area contributed by atoms with E-state index in [-0.39, 0.29) is 29.7 Å². The fraction of sp³-hybridized carbons (Fsp3) is 0.562. The van der Waals surface area contributed by atoms with Crippen LogP contribution in [-0.4, -0.2) is 134 Å². The fourth-order valence-electron chi connectivity index (χ4n) is 6.34. The highest BCUT2D eigenvalue weighted by molar-refractivity contribution is 6.17. The number of hydrogen-bond donors (Lipinski definition) is 2. The Balaban J connectivity index is 0.000000175. The van der Waals surface area contributed by atoms with Gasteiger partial charge >= 0.3 is 11.9 Å². The van der Waals surface area contributed by atoms with Crippen LogP contribution in [0.4, 0.5) is 0 Å². The van der Waals surface area contributed by atoms with Crippen LogP contribution >= 0.6 is 0 Å². The summed E-state index contributed by atoms with van der Waals surface area (Å²) >= 11 is 0. The van der Waals surface area contributed by atoms with Gasteiger partial charge in [-0.05, 0) is 69.5 Å². The second-order valence-corrected chi connectivity index (χ2v) is 12.0. The summed E-state index contributed by atoms with van der Waals surface area (Å²) in [6, 6.07) is 3.80. The van der Waals surface area contributed by atoms with Gasteiger partial charge in [0.15, 0.2) is 0 Å². The number of rotatable bonds is 4. The van der Waals surface area contributed by atoms with Crippen LogP contribution < -0.4 is 0 Å². The number of carbonyl (C=O) groups excluding carboxylic acids is 4. The number of piperazine rings is 2. The van der Waals surface area contributed by atoms with Gasteiger partial charge in [-0.1, -0.05) is 6.08 Å². The normalized spacial score (nSPS) is 20.5. The molecule has 0 saturated carbocycles. The molecule has 12 nitrogen and oxygen atoms in total. The Kier molecular flexibility index (Phi) is 9.90. The standard InChI is InChI=1S/C16H23N3O3.C16H21N3O3/c2*1-18-6-8-19(9-7-18)15(20)13-10-11-4-3-5-12(14(11)17-13)16(21)22-2/h10,12,17H,3-9H2,1-2H3;5,10,17H,3-4,6-9H2,1-2H3. The van der Waals surface area contributed by atoms with Crippen LogP contribution in [0.2, 0.25) is 0 Å². The number of methoxy groups -OCH3 is 2. The highest BCUT2D eigenvalue weighted by Gasteiger charge is 2.32. The van der Waals surface area contributed by atoms with Gasteiger partial charge in [-0.25, -0.2) is 4.79 Å². The smallest absolute Gasteiger partial charge is 0.339 e. The molecule has 44 heavy (non-hydrogen) atoms. The SMILES string of the molecule is COC(=O)C1=CCCc2cc(C(=O)N3CCN(C)CC3)[nH]c21.COC(=O)C1CCCc2cc(C(=O)N3CCN(C)CC3)[nH]c21. The molecule has 1 unspecified atom stereocenters. The molecule has 0 aromatic carbocycles. The van der Waals surface area contributed by atoms with Crippen LogP contribution in [0.15, 0.2) is 18.2 Å². The number of nitrogens with one attached hydrogen (secondary N) is 2. The maximum atomic E-state index is 12.6. The fourth-order valence-corrected chi connectivity index (χ4v) is 6.34. The number of hydrogen-bond acceptors (Lipinski definition) is 8. The quantitative estimate of drug-likeness (QED) is 0.504. The predicted molar refractivity (Wildman–Crippen MR) is 164 cm³/mol. The summed E-state index contributed by atoms with van der Waals surface area (Å²) < 4.78 is 9.70. The Morgan fingerprint density at radius 2 is 1.32 bits per heavy atom. The van der Waals surface area contributed by atoms with E-state index in [9.17, 15) is 19.2 Å². The predicted octanol–water partition coefficient (Wildman–Crippen LogP) is 1.90. The number of esters is 2. The molecule has 0 radical (unpaired) electrons. The van der Waals surface area contributed by atoms with E-state index < -0.39 is 0 Å². The number of nitrogens with zero attached hydrogens (tertiary/aromatic N) is 4. The van der Waals surface area contributed by atoms with E-state index in [1.54, 1.807) is 0 Å². The van der Waals surface area contributed by atoms with Crippen LogP contribution in [0, 0.1) is 0 Å². The highest BCUT2D eigenvalue weighted by atomic mass is 16.5. The molecule has 0 spiro atoms. The van der Waals surface area contributed by atoms with Gasteiger partial charge in [-0.15, -0.1) is 0 Å². The number of allylic oxidation sites excluding steroid dienone is 1. The van der Waals surface area contributed by atoms with E-state index in [0.29, 0.717) is 17.0 Å². The summed E-state index contributed by atoms with van der Waals surface area (Å²) in [6.45, 7) is 6.54. The first kappa shape index (κ1) is 31.5. The average Bonchev–Trinajstić information content (AvgIpc) is 3.69. The molecule has 2 fully saturated rings. The van der Waals surface area contributed by atoms with Crippen molar-refractivity contribution >= 4 is 29.3 Å².